The van der Waals surface area contributed by atoms with Crippen molar-refractivity contribution in [1.29, 1.82) is 0 Å². The maximum atomic E-state index is 5.81. The number of nitrogens with two attached hydrogens (primary N) is 1. The Kier molecular flexibility index (Phi) is 4.72. The summed E-state index contributed by atoms with van der Waals surface area (Å²) in [6.45, 7) is 4.23. The van der Waals surface area contributed by atoms with E-state index in [1.807, 2.05) is 0 Å². The highest BCUT2D eigenvalue weighted by molar-refractivity contribution is 7.11. The molecule has 0 aliphatic carbocycles. The van der Waals surface area contributed by atoms with Crippen LogP contribution in [0.2, 0.25) is 0 Å². The number of nitrogens with zero attached hydrogens (tertiary/aromatic N) is 1. The minimum Gasteiger partial charge on any atom is -0.381 e. The number of hydrogen-bond donors (Lipinski definition) is 1. The smallest absolute Gasteiger partial charge is 0.125 e. The zero-order valence-corrected chi connectivity index (χ0v) is 12.0. The lowest BCUT2D eigenvalue weighted by molar-refractivity contribution is -0.0948. The van der Waals surface area contributed by atoms with Gasteiger partial charge in [0.05, 0.1) is 5.69 Å². The average Bonchev–Trinajstić information content (AvgIpc) is 2.84. The number of methoxy groups -OCH3 is 1. The Balaban J connectivity index is 2.30. The minimum absolute atomic E-state index is 0.251. The molecule has 0 unspecified atom stereocenters. The van der Waals surface area contributed by atoms with E-state index in [0.717, 1.165) is 49.6 Å². The van der Waals surface area contributed by atoms with Crippen LogP contribution in [0.25, 0.3) is 0 Å². The van der Waals surface area contributed by atoms with E-state index in [4.69, 9.17) is 20.2 Å². The van der Waals surface area contributed by atoms with Crippen LogP contribution < -0.4 is 5.73 Å². The lowest BCUT2D eigenvalue weighted by atomic mass is 9.95. The first kappa shape index (κ1) is 13.9. The molecule has 0 amide bonds. The monoisotopic (exact) mass is 270 g/mol. The predicted molar refractivity (Wildman–Crippen MR) is 72.7 cm³/mol. The summed E-state index contributed by atoms with van der Waals surface area (Å²) in [4.78, 5) is 6.00. The summed E-state index contributed by atoms with van der Waals surface area (Å²) < 4.78 is 11.2. The fourth-order valence-electron chi connectivity index (χ4n) is 2.38. The molecular weight excluding hydrogens is 248 g/mol. The predicted octanol–water partition coefficient (Wildman–Crippen LogP) is 2.21. The molecule has 1 aromatic heterocycles. The molecule has 0 aromatic carbocycles. The first-order valence-electron chi connectivity index (χ1n) is 6.57. The Bertz CT molecular complexity index is 386. The van der Waals surface area contributed by atoms with E-state index in [-0.39, 0.29) is 5.60 Å². The summed E-state index contributed by atoms with van der Waals surface area (Å²) in [6, 6.07) is 0. The standard InChI is InChI=1S/C13H22N2O2S/c1-3-4-10-11(9-14)18-12(15-10)13(16-2)5-7-17-8-6-13/h3-9,14H2,1-2H3. The summed E-state index contributed by atoms with van der Waals surface area (Å²) >= 11 is 1.71. The molecule has 0 atom stereocenters. The van der Waals surface area contributed by atoms with Crippen LogP contribution in [0.15, 0.2) is 0 Å². The van der Waals surface area contributed by atoms with Crippen LogP contribution in [0.4, 0.5) is 0 Å². The van der Waals surface area contributed by atoms with E-state index in [2.05, 4.69) is 6.92 Å². The van der Waals surface area contributed by atoms with Crippen molar-refractivity contribution in [2.75, 3.05) is 20.3 Å². The van der Waals surface area contributed by atoms with Crippen molar-refractivity contribution in [3.8, 4) is 0 Å². The molecule has 0 saturated carbocycles. The number of thiazole rings is 1. The lowest BCUT2D eigenvalue weighted by Gasteiger charge is -2.33. The number of rotatable bonds is 5. The number of aryl methyl sites for hydroxylation is 1. The number of aromatic nitrogens is 1. The van der Waals surface area contributed by atoms with Gasteiger partial charge in [-0.2, -0.15) is 0 Å². The van der Waals surface area contributed by atoms with Crippen LogP contribution in [0.5, 0.6) is 0 Å². The van der Waals surface area contributed by atoms with Gasteiger partial charge in [-0.3, -0.25) is 0 Å². The van der Waals surface area contributed by atoms with Gasteiger partial charge in [0.2, 0.25) is 0 Å². The molecule has 1 fully saturated rings. The van der Waals surface area contributed by atoms with E-state index in [1.165, 1.54) is 4.88 Å². The molecule has 0 bridgehead atoms. The van der Waals surface area contributed by atoms with E-state index >= 15 is 0 Å². The van der Waals surface area contributed by atoms with Crippen molar-refractivity contribution in [3.63, 3.8) is 0 Å². The van der Waals surface area contributed by atoms with Gasteiger partial charge in [-0.15, -0.1) is 11.3 Å². The summed E-state index contributed by atoms with van der Waals surface area (Å²) in [6.07, 6.45) is 3.86. The fraction of sp³-hybridized carbons (Fsp3) is 0.769. The van der Waals surface area contributed by atoms with Crippen LogP contribution in [-0.2, 0) is 28.0 Å². The molecule has 1 aliphatic rings. The molecule has 1 aromatic rings. The Hall–Kier alpha value is -0.490. The topological polar surface area (TPSA) is 57.4 Å². The maximum absolute atomic E-state index is 5.81. The third-order valence-corrected chi connectivity index (χ3v) is 4.84. The van der Waals surface area contributed by atoms with Gasteiger partial charge < -0.3 is 15.2 Å². The molecule has 5 heteroatoms. The van der Waals surface area contributed by atoms with Crippen LogP contribution in [0.3, 0.4) is 0 Å². The van der Waals surface area contributed by atoms with Crippen LogP contribution in [-0.4, -0.2) is 25.3 Å². The summed E-state index contributed by atoms with van der Waals surface area (Å²) in [5.41, 5.74) is 6.72. The second kappa shape index (κ2) is 6.10. The molecule has 2 rings (SSSR count). The zero-order valence-electron chi connectivity index (χ0n) is 11.2. The molecule has 102 valence electrons. The Labute approximate surface area is 113 Å². The van der Waals surface area contributed by atoms with E-state index < -0.39 is 0 Å². The molecular formula is C13H22N2O2S. The normalized spacial score (nSPS) is 19.1. The van der Waals surface area contributed by atoms with E-state index in [0.29, 0.717) is 6.54 Å². The largest absolute Gasteiger partial charge is 0.381 e. The van der Waals surface area contributed by atoms with Gasteiger partial charge in [-0.1, -0.05) is 13.3 Å². The zero-order chi connectivity index (χ0) is 13.0. The van der Waals surface area contributed by atoms with Gasteiger partial charge >= 0.3 is 0 Å². The molecule has 2 N–H and O–H groups in total. The molecule has 1 aliphatic heterocycles. The van der Waals surface area contributed by atoms with Crippen molar-refractivity contribution < 1.29 is 9.47 Å². The quantitative estimate of drug-likeness (QED) is 0.891. The minimum atomic E-state index is -0.251. The molecule has 4 nitrogen and oxygen atoms in total. The van der Waals surface area contributed by atoms with Crippen molar-refractivity contribution >= 4 is 11.3 Å². The Morgan fingerprint density at radius 2 is 2.17 bits per heavy atom. The first-order valence-corrected chi connectivity index (χ1v) is 7.39. The van der Waals surface area contributed by atoms with E-state index in [9.17, 15) is 0 Å². The third-order valence-electron chi connectivity index (χ3n) is 3.53. The van der Waals surface area contributed by atoms with Crippen molar-refractivity contribution in [2.24, 2.45) is 5.73 Å². The van der Waals surface area contributed by atoms with Crippen molar-refractivity contribution in [3.05, 3.63) is 15.6 Å². The maximum Gasteiger partial charge on any atom is 0.125 e. The first-order chi connectivity index (χ1) is 8.75. The number of hydrogen-bond acceptors (Lipinski definition) is 5. The van der Waals surface area contributed by atoms with Crippen LogP contribution in [0.1, 0.15) is 41.8 Å². The molecule has 18 heavy (non-hydrogen) atoms. The van der Waals surface area contributed by atoms with Gasteiger partial charge in [0.25, 0.3) is 0 Å². The SMILES string of the molecule is CCCc1nc(C2(OC)CCOCC2)sc1CN. The highest BCUT2D eigenvalue weighted by Crippen LogP contribution is 2.38. The highest BCUT2D eigenvalue weighted by atomic mass is 32.1. The molecule has 2 heterocycles. The molecule has 0 spiro atoms. The Morgan fingerprint density at radius 1 is 1.44 bits per heavy atom. The van der Waals surface area contributed by atoms with Gasteiger partial charge in [0, 0.05) is 44.6 Å². The summed E-state index contributed by atoms with van der Waals surface area (Å²) in [5, 5.41) is 1.08. The van der Waals surface area contributed by atoms with Crippen molar-refractivity contribution in [2.45, 2.75) is 44.8 Å². The molecule has 0 radical (unpaired) electrons. The second-order valence-electron chi connectivity index (χ2n) is 4.65. The van der Waals surface area contributed by atoms with Gasteiger partial charge in [-0.05, 0) is 6.42 Å². The van der Waals surface area contributed by atoms with Crippen LogP contribution in [0, 0.1) is 0 Å². The van der Waals surface area contributed by atoms with Crippen LogP contribution >= 0.6 is 11.3 Å². The van der Waals surface area contributed by atoms with E-state index in [1.54, 1.807) is 18.4 Å². The van der Waals surface area contributed by atoms with Gasteiger partial charge in [0.15, 0.2) is 0 Å². The average molecular weight is 270 g/mol. The van der Waals surface area contributed by atoms with Gasteiger partial charge in [0.1, 0.15) is 10.6 Å². The second-order valence-corrected chi connectivity index (χ2v) is 5.74. The summed E-state index contributed by atoms with van der Waals surface area (Å²) in [7, 11) is 1.77. The van der Waals surface area contributed by atoms with Crippen molar-refractivity contribution in [1.82, 2.24) is 4.98 Å². The lowest BCUT2D eigenvalue weighted by Crippen LogP contribution is -2.35. The molecule has 1 saturated heterocycles. The number of ether oxygens (including phenoxy) is 2. The highest BCUT2D eigenvalue weighted by Gasteiger charge is 2.38. The van der Waals surface area contributed by atoms with Gasteiger partial charge in [-0.25, -0.2) is 4.98 Å². The summed E-state index contributed by atoms with van der Waals surface area (Å²) in [5.74, 6) is 0. The fourth-order valence-corrected chi connectivity index (χ4v) is 3.59. The third kappa shape index (κ3) is 2.59. The Morgan fingerprint density at radius 3 is 2.72 bits per heavy atom.